The van der Waals surface area contributed by atoms with E-state index in [4.69, 9.17) is 14.5 Å². The average Bonchev–Trinajstić information content (AvgIpc) is 3.00. The Bertz CT molecular complexity index is 1370. The molecule has 0 aliphatic heterocycles. The van der Waals surface area contributed by atoms with Gasteiger partial charge in [0.05, 0.1) is 28.0 Å². The van der Waals surface area contributed by atoms with Gasteiger partial charge in [-0.1, -0.05) is 124 Å². The number of hydrogen-bond acceptors (Lipinski definition) is 4. The fourth-order valence-electron chi connectivity index (χ4n) is 4.67. The van der Waals surface area contributed by atoms with Gasteiger partial charge in [-0.05, 0) is 42.0 Å². The fraction of sp³-hybridized carbons (Fsp3) is 0.316. The van der Waals surface area contributed by atoms with Crippen molar-refractivity contribution in [3.8, 4) is 11.5 Å². The van der Waals surface area contributed by atoms with Crippen LogP contribution >= 0.6 is 0 Å². The number of methoxy groups -OCH3 is 2. The van der Waals surface area contributed by atoms with E-state index in [2.05, 4.69) is 76.0 Å². The number of rotatable bonds is 15. The highest BCUT2D eigenvalue weighted by atomic mass is 28.3. The molecule has 0 aliphatic rings. The molecule has 4 nitrogen and oxygen atoms in total. The maximum Gasteiger partial charge on any atom is 0.155 e. The fourth-order valence-corrected chi connectivity index (χ4v) is 5.98. The Hall–Kier alpha value is -3.96. The van der Waals surface area contributed by atoms with Crippen LogP contribution in [0, 0.1) is 11.8 Å². The molecule has 5 heteroatoms. The number of benzene rings is 3. The first-order chi connectivity index (χ1) is 20.6. The minimum Gasteiger partial charge on any atom is -0.497 e. The van der Waals surface area contributed by atoms with Crippen LogP contribution in [0.1, 0.15) is 43.4 Å². The van der Waals surface area contributed by atoms with Gasteiger partial charge in [0.25, 0.3) is 0 Å². The van der Waals surface area contributed by atoms with Gasteiger partial charge in [-0.25, -0.2) is 0 Å². The van der Waals surface area contributed by atoms with Crippen LogP contribution in [0.5, 0.6) is 11.5 Å². The largest absolute Gasteiger partial charge is 0.497 e. The Labute approximate surface area is 259 Å². The van der Waals surface area contributed by atoms with Gasteiger partial charge in [0, 0.05) is 30.2 Å². The van der Waals surface area contributed by atoms with Gasteiger partial charge < -0.3 is 9.47 Å². The molecule has 0 heterocycles. The molecule has 0 unspecified atom stereocenters. The number of ketones is 1. The second-order valence-corrected chi connectivity index (χ2v) is 17.2. The van der Waals surface area contributed by atoms with Crippen molar-refractivity contribution < 1.29 is 14.3 Å². The molecule has 3 aromatic carbocycles. The monoisotopic (exact) mass is 593 g/mol. The normalized spacial score (nSPS) is 13.6. The van der Waals surface area contributed by atoms with Crippen molar-refractivity contribution in [3.63, 3.8) is 0 Å². The van der Waals surface area contributed by atoms with Gasteiger partial charge in [-0.3, -0.25) is 9.79 Å². The van der Waals surface area contributed by atoms with E-state index in [1.807, 2.05) is 60.7 Å². The Balaban J connectivity index is 1.61. The number of nitrogens with zero attached hydrogens (tertiary/aromatic N) is 1. The van der Waals surface area contributed by atoms with Crippen LogP contribution < -0.4 is 9.47 Å². The van der Waals surface area contributed by atoms with Crippen LogP contribution in [-0.4, -0.2) is 40.3 Å². The predicted octanol–water partition coefficient (Wildman–Crippen LogP) is 9.24. The molecule has 0 N–H and O–H groups in total. The zero-order valence-electron chi connectivity index (χ0n) is 26.8. The van der Waals surface area contributed by atoms with Gasteiger partial charge in [0.15, 0.2) is 5.78 Å². The predicted molar refractivity (Wildman–Crippen MR) is 185 cm³/mol. The molecule has 0 amide bonds. The van der Waals surface area contributed by atoms with E-state index < -0.39 is 8.07 Å². The first kappa shape index (κ1) is 33.5. The number of ether oxygens (including phenoxy) is 2. The molecule has 2 atom stereocenters. The first-order valence-electron chi connectivity index (χ1n) is 15.1. The van der Waals surface area contributed by atoms with Gasteiger partial charge in [0.2, 0.25) is 0 Å². The van der Waals surface area contributed by atoms with E-state index in [-0.39, 0.29) is 17.6 Å². The molecule has 0 bridgehead atoms. The third-order valence-electron chi connectivity index (χ3n) is 7.23. The number of hydrogen-bond donors (Lipinski definition) is 0. The van der Waals surface area contributed by atoms with Crippen molar-refractivity contribution in [3.05, 3.63) is 125 Å². The van der Waals surface area contributed by atoms with Gasteiger partial charge in [0.1, 0.15) is 11.5 Å². The van der Waals surface area contributed by atoms with E-state index in [0.717, 1.165) is 40.3 Å². The van der Waals surface area contributed by atoms with Gasteiger partial charge >= 0.3 is 0 Å². The van der Waals surface area contributed by atoms with Gasteiger partial charge in [-0.15, -0.1) is 0 Å². The summed E-state index contributed by atoms with van der Waals surface area (Å²) in [4.78, 5) is 17.8. The Morgan fingerprint density at radius 2 is 1.40 bits per heavy atom. The maximum absolute atomic E-state index is 12.8. The number of carbonyl (C=O) groups is 1. The van der Waals surface area contributed by atoms with E-state index in [1.54, 1.807) is 20.3 Å². The van der Waals surface area contributed by atoms with E-state index in [9.17, 15) is 4.79 Å². The number of allylic oxidation sites excluding steroid dienone is 4. The third-order valence-corrected chi connectivity index (χ3v) is 9.33. The second-order valence-electron chi connectivity index (χ2n) is 12.2. The third kappa shape index (κ3) is 11.3. The van der Waals surface area contributed by atoms with Crippen LogP contribution in [0.2, 0.25) is 19.6 Å². The molecule has 3 rings (SSSR count). The molecule has 0 saturated heterocycles. The molecule has 3 aromatic rings. The lowest BCUT2D eigenvalue weighted by Crippen LogP contribution is -2.23. The van der Waals surface area contributed by atoms with Crippen LogP contribution in [0.25, 0.3) is 6.08 Å². The Kier molecular flexibility index (Phi) is 13.0. The molecular weight excluding hydrogens is 547 g/mol. The maximum atomic E-state index is 12.8. The Morgan fingerprint density at radius 1 is 0.837 bits per heavy atom. The SMILES string of the molecule is COc1cc(/C=C/C(=C/C[C@@H](C)CC(=O)/C=C\[C@H](C)CN=C(c2ccccc2)c2ccccc2)[Si](C)(C)C)cc(OC)c1. The lowest BCUT2D eigenvalue weighted by Gasteiger charge is -2.19. The second kappa shape index (κ2) is 16.6. The summed E-state index contributed by atoms with van der Waals surface area (Å²) < 4.78 is 10.8. The minimum atomic E-state index is -1.59. The summed E-state index contributed by atoms with van der Waals surface area (Å²) >= 11 is 0. The zero-order valence-corrected chi connectivity index (χ0v) is 27.8. The van der Waals surface area contributed by atoms with Crippen molar-refractivity contribution in [1.29, 1.82) is 0 Å². The molecule has 0 aromatic heterocycles. The van der Waals surface area contributed by atoms with E-state index in [1.165, 1.54) is 5.20 Å². The van der Waals surface area contributed by atoms with Crippen molar-refractivity contribution >= 4 is 25.6 Å². The van der Waals surface area contributed by atoms with E-state index >= 15 is 0 Å². The van der Waals surface area contributed by atoms with Crippen LogP contribution in [0.15, 0.2) is 113 Å². The highest BCUT2D eigenvalue weighted by Crippen LogP contribution is 2.25. The molecule has 0 fully saturated rings. The minimum absolute atomic E-state index is 0.153. The van der Waals surface area contributed by atoms with Crippen molar-refractivity contribution in [2.45, 2.75) is 46.3 Å². The summed E-state index contributed by atoms with van der Waals surface area (Å²) in [5.41, 5.74) is 4.20. The highest BCUT2D eigenvalue weighted by Gasteiger charge is 2.18. The lowest BCUT2D eigenvalue weighted by molar-refractivity contribution is -0.115. The molecule has 0 saturated carbocycles. The summed E-state index contributed by atoms with van der Waals surface area (Å²) in [6.07, 6.45) is 11.8. The molecule has 43 heavy (non-hydrogen) atoms. The molecule has 0 spiro atoms. The number of carbonyl (C=O) groups excluding carboxylic acids is 1. The average molecular weight is 594 g/mol. The quantitative estimate of drug-likeness (QED) is 0.0764. The highest BCUT2D eigenvalue weighted by molar-refractivity contribution is 6.83. The van der Waals surface area contributed by atoms with Crippen molar-refractivity contribution in [1.82, 2.24) is 0 Å². The summed E-state index contributed by atoms with van der Waals surface area (Å²) in [5, 5.41) is 1.36. The Morgan fingerprint density at radius 3 is 1.91 bits per heavy atom. The van der Waals surface area contributed by atoms with E-state index in [0.29, 0.717) is 13.0 Å². The summed E-state index contributed by atoms with van der Waals surface area (Å²) in [7, 11) is 1.74. The van der Waals surface area contributed by atoms with Crippen molar-refractivity contribution in [2.75, 3.05) is 20.8 Å². The van der Waals surface area contributed by atoms with Gasteiger partial charge in [-0.2, -0.15) is 0 Å². The molecule has 0 aliphatic carbocycles. The first-order valence-corrected chi connectivity index (χ1v) is 18.6. The summed E-state index contributed by atoms with van der Waals surface area (Å²) in [6.45, 7) is 11.9. The van der Waals surface area contributed by atoms with Crippen LogP contribution in [-0.2, 0) is 4.79 Å². The molecular formula is C38H47NO3Si. The van der Waals surface area contributed by atoms with Crippen molar-refractivity contribution in [2.24, 2.45) is 16.8 Å². The van der Waals surface area contributed by atoms with Crippen LogP contribution in [0.4, 0.5) is 0 Å². The zero-order chi connectivity index (χ0) is 31.2. The van der Waals surface area contributed by atoms with Crippen LogP contribution in [0.3, 0.4) is 0 Å². The lowest BCUT2D eigenvalue weighted by atomic mass is 9.99. The molecule has 226 valence electrons. The smallest absolute Gasteiger partial charge is 0.155 e. The molecule has 0 radical (unpaired) electrons. The topological polar surface area (TPSA) is 47.9 Å². The number of aliphatic imine (C=N–C) groups is 1. The standard InChI is InChI=1S/C38H47NO3Si/c1-29(19-22-37(43(5,6)7)23-20-31-25-35(41-3)27-36(26-31)42-4)24-34(40)21-18-30(2)28-39-38(32-14-10-8-11-15-32)33-16-12-9-13-17-33/h8-18,20-23,25-27,29-30H,19,24,28H2,1-7H3/b21-18-,23-20+,37-22-/t29-,30+/m1/s1. The summed E-state index contributed by atoms with van der Waals surface area (Å²) in [6, 6.07) is 26.4. The summed E-state index contributed by atoms with van der Waals surface area (Å²) in [5.74, 6) is 2.11.